The van der Waals surface area contributed by atoms with Crippen LogP contribution in [-0.2, 0) is 7.05 Å². The molecule has 0 N–H and O–H groups in total. The van der Waals surface area contributed by atoms with Crippen molar-refractivity contribution in [2.75, 3.05) is 7.05 Å². The van der Waals surface area contributed by atoms with Gasteiger partial charge in [-0.3, -0.25) is 9.78 Å². The molecule has 0 fully saturated rings. The van der Waals surface area contributed by atoms with Crippen molar-refractivity contribution in [2.45, 2.75) is 13.0 Å². The number of hydrogen-bond donors (Lipinski definition) is 0. The minimum atomic E-state index is 0.00102. The number of pyridine rings is 1. The monoisotopic (exact) mass is 243 g/mol. The van der Waals surface area contributed by atoms with Gasteiger partial charge in [-0.05, 0) is 30.7 Å². The van der Waals surface area contributed by atoms with E-state index in [9.17, 15) is 4.79 Å². The lowest BCUT2D eigenvalue weighted by Crippen LogP contribution is -2.30. The third-order valence-electron chi connectivity index (χ3n) is 3.23. The SMILES string of the molecule is CC(c1cccnc1)N(C)C(=O)c1cccn1C. The number of hydrogen-bond acceptors (Lipinski definition) is 2. The van der Waals surface area contributed by atoms with Crippen molar-refractivity contribution in [3.05, 3.63) is 54.1 Å². The fourth-order valence-corrected chi connectivity index (χ4v) is 1.89. The number of amides is 1. The van der Waals surface area contributed by atoms with Crippen LogP contribution in [0.3, 0.4) is 0 Å². The Morgan fingerprint density at radius 1 is 1.39 bits per heavy atom. The first kappa shape index (κ1) is 12.4. The first-order valence-electron chi connectivity index (χ1n) is 5.89. The Morgan fingerprint density at radius 2 is 2.17 bits per heavy atom. The van der Waals surface area contributed by atoms with Crippen molar-refractivity contribution in [1.82, 2.24) is 14.5 Å². The van der Waals surface area contributed by atoms with Crippen LogP contribution >= 0.6 is 0 Å². The van der Waals surface area contributed by atoms with E-state index in [0.29, 0.717) is 5.69 Å². The first-order chi connectivity index (χ1) is 8.61. The molecule has 0 saturated heterocycles. The highest BCUT2D eigenvalue weighted by Gasteiger charge is 2.20. The summed E-state index contributed by atoms with van der Waals surface area (Å²) in [6.45, 7) is 2.00. The molecule has 18 heavy (non-hydrogen) atoms. The molecule has 2 aromatic rings. The highest BCUT2D eigenvalue weighted by Crippen LogP contribution is 2.19. The van der Waals surface area contributed by atoms with E-state index in [2.05, 4.69) is 4.98 Å². The van der Waals surface area contributed by atoms with Gasteiger partial charge in [0.15, 0.2) is 0 Å². The van der Waals surface area contributed by atoms with Crippen LogP contribution in [0.25, 0.3) is 0 Å². The van der Waals surface area contributed by atoms with Crippen molar-refractivity contribution in [1.29, 1.82) is 0 Å². The van der Waals surface area contributed by atoms with Gasteiger partial charge in [-0.1, -0.05) is 6.07 Å². The second-order valence-corrected chi connectivity index (χ2v) is 4.38. The molecule has 1 atom stereocenters. The van der Waals surface area contributed by atoms with Gasteiger partial charge in [0.1, 0.15) is 5.69 Å². The van der Waals surface area contributed by atoms with Gasteiger partial charge in [-0.15, -0.1) is 0 Å². The molecule has 0 aliphatic rings. The van der Waals surface area contributed by atoms with Crippen LogP contribution in [0.2, 0.25) is 0 Å². The van der Waals surface area contributed by atoms with Crippen LogP contribution in [0.1, 0.15) is 29.0 Å². The molecule has 0 bridgehead atoms. The van der Waals surface area contributed by atoms with Gasteiger partial charge in [0.05, 0.1) is 6.04 Å². The maximum Gasteiger partial charge on any atom is 0.270 e. The van der Waals surface area contributed by atoms with Crippen LogP contribution in [0.15, 0.2) is 42.9 Å². The average molecular weight is 243 g/mol. The van der Waals surface area contributed by atoms with Gasteiger partial charge in [0, 0.05) is 32.7 Å². The molecule has 0 aliphatic carbocycles. The van der Waals surface area contributed by atoms with Crippen LogP contribution in [0.4, 0.5) is 0 Å². The maximum atomic E-state index is 12.3. The van der Waals surface area contributed by atoms with E-state index >= 15 is 0 Å². The second kappa shape index (κ2) is 5.04. The van der Waals surface area contributed by atoms with Crippen molar-refractivity contribution in [2.24, 2.45) is 7.05 Å². The lowest BCUT2D eigenvalue weighted by Gasteiger charge is -2.25. The Morgan fingerprint density at radius 3 is 2.72 bits per heavy atom. The Balaban J connectivity index is 2.20. The van der Waals surface area contributed by atoms with Gasteiger partial charge in [-0.2, -0.15) is 0 Å². The molecule has 0 aromatic carbocycles. The summed E-state index contributed by atoms with van der Waals surface area (Å²) in [4.78, 5) is 18.1. The highest BCUT2D eigenvalue weighted by atomic mass is 16.2. The van der Waals surface area contributed by atoms with Gasteiger partial charge in [-0.25, -0.2) is 0 Å². The molecule has 94 valence electrons. The number of rotatable bonds is 3. The zero-order chi connectivity index (χ0) is 13.1. The molecule has 0 aliphatic heterocycles. The molecular weight excluding hydrogens is 226 g/mol. The molecule has 0 radical (unpaired) electrons. The smallest absolute Gasteiger partial charge is 0.270 e. The minimum Gasteiger partial charge on any atom is -0.347 e. The molecular formula is C14H17N3O. The number of carbonyl (C=O) groups is 1. The normalized spacial score (nSPS) is 12.2. The van der Waals surface area contributed by atoms with Gasteiger partial charge >= 0.3 is 0 Å². The lowest BCUT2D eigenvalue weighted by molar-refractivity contribution is 0.0733. The Labute approximate surface area is 107 Å². The van der Waals surface area contributed by atoms with E-state index in [4.69, 9.17) is 0 Å². The number of aryl methyl sites for hydroxylation is 1. The third-order valence-corrected chi connectivity index (χ3v) is 3.23. The summed E-state index contributed by atoms with van der Waals surface area (Å²) in [5, 5.41) is 0. The molecule has 2 rings (SSSR count). The molecule has 2 aromatic heterocycles. The molecule has 1 amide bonds. The second-order valence-electron chi connectivity index (χ2n) is 4.38. The molecule has 0 spiro atoms. The number of aromatic nitrogens is 2. The quantitative estimate of drug-likeness (QED) is 0.829. The molecule has 1 unspecified atom stereocenters. The van der Waals surface area contributed by atoms with Crippen LogP contribution in [0, 0.1) is 0 Å². The molecule has 4 nitrogen and oxygen atoms in total. The van der Waals surface area contributed by atoms with Crippen molar-refractivity contribution in [3.8, 4) is 0 Å². The lowest BCUT2D eigenvalue weighted by atomic mass is 10.1. The fraction of sp³-hybridized carbons (Fsp3) is 0.286. The van der Waals surface area contributed by atoms with Crippen LogP contribution in [-0.4, -0.2) is 27.4 Å². The van der Waals surface area contributed by atoms with Crippen LogP contribution < -0.4 is 0 Å². The van der Waals surface area contributed by atoms with E-state index in [-0.39, 0.29) is 11.9 Å². The average Bonchev–Trinajstić information content (AvgIpc) is 2.83. The summed E-state index contributed by atoms with van der Waals surface area (Å²) >= 11 is 0. The Kier molecular flexibility index (Phi) is 3.46. The summed E-state index contributed by atoms with van der Waals surface area (Å²) in [5.41, 5.74) is 1.72. The summed E-state index contributed by atoms with van der Waals surface area (Å²) in [7, 11) is 3.68. The standard InChI is InChI=1S/C14H17N3O/c1-11(12-6-4-8-15-10-12)17(3)14(18)13-7-5-9-16(13)2/h4-11H,1-3H3. The number of carbonyl (C=O) groups excluding carboxylic acids is 1. The van der Waals surface area contributed by atoms with Crippen molar-refractivity contribution in [3.63, 3.8) is 0 Å². The predicted octanol–water partition coefficient (Wildman–Crippen LogP) is 2.25. The van der Waals surface area contributed by atoms with E-state index in [1.807, 2.05) is 56.0 Å². The van der Waals surface area contributed by atoms with E-state index in [1.165, 1.54) is 0 Å². The third kappa shape index (κ3) is 2.27. The van der Waals surface area contributed by atoms with E-state index in [1.54, 1.807) is 17.3 Å². The topological polar surface area (TPSA) is 38.1 Å². The zero-order valence-electron chi connectivity index (χ0n) is 10.9. The summed E-state index contributed by atoms with van der Waals surface area (Å²) < 4.78 is 1.83. The van der Waals surface area contributed by atoms with E-state index in [0.717, 1.165) is 5.56 Å². The van der Waals surface area contributed by atoms with Gasteiger partial charge in [0.25, 0.3) is 5.91 Å². The fourth-order valence-electron chi connectivity index (χ4n) is 1.89. The Hall–Kier alpha value is -2.10. The van der Waals surface area contributed by atoms with Gasteiger partial charge in [0.2, 0.25) is 0 Å². The molecule has 0 saturated carbocycles. The molecule has 4 heteroatoms. The van der Waals surface area contributed by atoms with E-state index < -0.39 is 0 Å². The largest absolute Gasteiger partial charge is 0.347 e. The highest BCUT2D eigenvalue weighted by molar-refractivity contribution is 5.92. The predicted molar refractivity (Wildman–Crippen MR) is 70.2 cm³/mol. The summed E-state index contributed by atoms with van der Waals surface area (Å²) in [6, 6.07) is 7.56. The number of nitrogens with zero attached hydrogens (tertiary/aromatic N) is 3. The zero-order valence-corrected chi connectivity index (χ0v) is 10.9. The van der Waals surface area contributed by atoms with Gasteiger partial charge < -0.3 is 9.47 Å². The molecule has 2 heterocycles. The van der Waals surface area contributed by atoms with Crippen molar-refractivity contribution >= 4 is 5.91 Å². The summed E-state index contributed by atoms with van der Waals surface area (Å²) in [6.07, 6.45) is 5.39. The van der Waals surface area contributed by atoms with Crippen molar-refractivity contribution < 1.29 is 4.79 Å². The van der Waals surface area contributed by atoms with Crippen LogP contribution in [0.5, 0.6) is 0 Å². The Bertz CT molecular complexity index is 533. The first-order valence-corrected chi connectivity index (χ1v) is 5.89. The summed E-state index contributed by atoms with van der Waals surface area (Å²) in [5.74, 6) is 0.0128. The minimum absolute atomic E-state index is 0.00102. The maximum absolute atomic E-state index is 12.3.